The second-order valence-corrected chi connectivity index (χ2v) is 13.9. The first kappa shape index (κ1) is 37.0. The van der Waals surface area contributed by atoms with Crippen molar-refractivity contribution in [3.8, 4) is 0 Å². The summed E-state index contributed by atoms with van der Waals surface area (Å²) in [4.78, 5) is 49.2. The Morgan fingerprint density at radius 2 is 1.27 bits per heavy atom. The molecule has 1 saturated heterocycles. The quantitative estimate of drug-likeness (QED) is 0.213. The molecule has 3 heterocycles. The summed E-state index contributed by atoms with van der Waals surface area (Å²) in [6.45, 7) is 5.25. The van der Waals surface area contributed by atoms with Gasteiger partial charge in [0.25, 0.3) is 0 Å². The minimum Gasteiger partial charge on any atom is -0.477 e. The van der Waals surface area contributed by atoms with Gasteiger partial charge in [0, 0.05) is 48.2 Å². The Hall–Kier alpha value is -5.31. The molecule has 2 aromatic carbocycles. The molecule has 4 aromatic rings. The van der Waals surface area contributed by atoms with Crippen molar-refractivity contribution >= 4 is 39.4 Å². The highest BCUT2D eigenvalue weighted by Crippen LogP contribution is 2.37. The fourth-order valence-corrected chi connectivity index (χ4v) is 6.28. The van der Waals surface area contributed by atoms with Gasteiger partial charge in [0.1, 0.15) is 30.3 Å². The molecular formula is C36H35F5N4O6. The molecule has 0 amide bonds. The molecule has 2 unspecified atom stereocenters. The monoisotopic (exact) mass is 714 g/mol. The number of aromatic nitrogens is 2. The van der Waals surface area contributed by atoms with Crippen LogP contribution in [0.1, 0.15) is 48.4 Å². The van der Waals surface area contributed by atoms with Crippen LogP contribution in [0.15, 0.2) is 70.6 Å². The molecule has 2 aromatic heterocycles. The molecule has 0 bridgehead atoms. The summed E-state index contributed by atoms with van der Waals surface area (Å²) < 4.78 is 71.4. The Morgan fingerprint density at radius 1 is 0.804 bits per heavy atom. The molecule has 51 heavy (non-hydrogen) atoms. The van der Waals surface area contributed by atoms with Crippen LogP contribution in [0.5, 0.6) is 0 Å². The number of nitrogens with zero attached hydrogens (tertiary/aromatic N) is 3. The van der Waals surface area contributed by atoms with Crippen LogP contribution >= 0.6 is 0 Å². The van der Waals surface area contributed by atoms with Crippen molar-refractivity contribution in [2.75, 3.05) is 31.3 Å². The number of pyridine rings is 2. The molecular weight excluding hydrogens is 679 g/mol. The molecule has 270 valence electrons. The first-order valence-electron chi connectivity index (χ1n) is 15.7. The van der Waals surface area contributed by atoms with Gasteiger partial charge in [-0.1, -0.05) is 24.3 Å². The normalized spacial score (nSPS) is 18.5. The molecule has 2 atom stereocenters. The van der Waals surface area contributed by atoms with Crippen LogP contribution in [-0.2, 0) is 11.1 Å². The summed E-state index contributed by atoms with van der Waals surface area (Å²) >= 11 is 0. The third-order valence-corrected chi connectivity index (χ3v) is 9.31. The zero-order valence-corrected chi connectivity index (χ0v) is 28.0. The maximum Gasteiger partial charge on any atom is 0.341 e. The van der Waals surface area contributed by atoms with Gasteiger partial charge in [0.15, 0.2) is 11.6 Å². The number of alkyl halides is 2. The van der Waals surface area contributed by atoms with E-state index in [0.29, 0.717) is 19.2 Å². The van der Waals surface area contributed by atoms with Crippen LogP contribution in [-0.4, -0.2) is 63.3 Å². The number of hydrogen-bond acceptors (Lipinski definition) is 6. The van der Waals surface area contributed by atoms with Gasteiger partial charge in [-0.2, -0.15) is 0 Å². The standard InChI is InChI=1S/C22H23F2N3O3.C14H12F3NO3/c1-21(2,11-23)27-10-15(20(29)30)19(28)14-7-16(24)18(8-17(14)27)26-9-13-5-3-4-6-22(13,25)12-26;1-14(2,6-15)18-5-8(13(20)21)12(19)7-3-9(16)10(17)4-11(7)18/h3-8,10,13H,9,11-12,25H2,1-2H3,(H,29,30);3-5H,6H2,1-2H3,(H,20,21). The molecule has 15 heteroatoms. The zero-order valence-electron chi connectivity index (χ0n) is 28.0. The molecule has 4 N–H and O–H groups in total. The molecule has 1 aliphatic carbocycles. The number of carboxylic acid groups (broad SMARTS) is 2. The number of carbonyl (C=O) groups is 2. The van der Waals surface area contributed by atoms with Gasteiger partial charge >= 0.3 is 11.9 Å². The predicted molar refractivity (Wildman–Crippen MR) is 182 cm³/mol. The van der Waals surface area contributed by atoms with Crippen LogP contribution < -0.4 is 21.5 Å². The number of allylic oxidation sites excluding steroid dienone is 2. The van der Waals surface area contributed by atoms with E-state index in [-0.39, 0.29) is 33.4 Å². The average Bonchev–Trinajstić information content (AvgIpc) is 3.42. The first-order chi connectivity index (χ1) is 23.8. The third-order valence-electron chi connectivity index (χ3n) is 9.31. The Labute approximate surface area is 287 Å². The van der Waals surface area contributed by atoms with E-state index in [0.717, 1.165) is 29.1 Å². The van der Waals surface area contributed by atoms with E-state index in [1.54, 1.807) is 13.8 Å². The summed E-state index contributed by atoms with van der Waals surface area (Å²) in [6.07, 6.45) is 9.74. The van der Waals surface area contributed by atoms with E-state index in [9.17, 15) is 41.8 Å². The highest BCUT2D eigenvalue weighted by atomic mass is 19.2. The van der Waals surface area contributed by atoms with Crippen molar-refractivity contribution in [1.82, 2.24) is 9.13 Å². The fourth-order valence-electron chi connectivity index (χ4n) is 6.28. The largest absolute Gasteiger partial charge is 0.477 e. The van der Waals surface area contributed by atoms with Crippen molar-refractivity contribution in [2.24, 2.45) is 11.7 Å². The van der Waals surface area contributed by atoms with E-state index in [4.69, 9.17) is 10.8 Å². The van der Waals surface area contributed by atoms with Crippen molar-refractivity contribution in [3.63, 3.8) is 0 Å². The van der Waals surface area contributed by atoms with Crippen LogP contribution in [0.4, 0.5) is 27.6 Å². The maximum atomic E-state index is 15.1. The number of benzene rings is 2. The molecule has 1 aliphatic heterocycles. The van der Waals surface area contributed by atoms with Crippen molar-refractivity contribution in [1.29, 1.82) is 0 Å². The maximum absolute atomic E-state index is 15.1. The number of fused-ring (bicyclic) bond motifs is 3. The van der Waals surface area contributed by atoms with Crippen LogP contribution in [0.3, 0.4) is 0 Å². The van der Waals surface area contributed by atoms with Crippen LogP contribution in [0.2, 0.25) is 0 Å². The van der Waals surface area contributed by atoms with Crippen molar-refractivity contribution in [2.45, 2.75) is 44.3 Å². The lowest BCUT2D eigenvalue weighted by molar-refractivity contribution is 0.0683. The van der Waals surface area contributed by atoms with Crippen molar-refractivity contribution in [3.05, 3.63) is 110 Å². The second-order valence-electron chi connectivity index (χ2n) is 13.9. The van der Waals surface area contributed by atoms with Crippen LogP contribution in [0, 0.1) is 23.4 Å². The predicted octanol–water partition coefficient (Wildman–Crippen LogP) is 5.49. The topological polar surface area (TPSA) is 148 Å². The summed E-state index contributed by atoms with van der Waals surface area (Å²) in [7, 11) is 0. The number of anilines is 1. The van der Waals surface area contributed by atoms with Gasteiger partial charge in [-0.05, 0) is 45.9 Å². The fraction of sp³-hybridized carbons (Fsp3) is 0.333. The summed E-state index contributed by atoms with van der Waals surface area (Å²) in [5.41, 5.74) is 1.06. The smallest absolute Gasteiger partial charge is 0.341 e. The third kappa shape index (κ3) is 6.53. The number of carboxylic acids is 2. The van der Waals surface area contributed by atoms with E-state index >= 15 is 4.39 Å². The lowest BCUT2D eigenvalue weighted by Crippen LogP contribution is -2.46. The summed E-state index contributed by atoms with van der Waals surface area (Å²) in [5, 5.41) is 18.0. The molecule has 0 spiro atoms. The number of aromatic carboxylic acids is 2. The summed E-state index contributed by atoms with van der Waals surface area (Å²) in [5.74, 6) is -6.07. The van der Waals surface area contributed by atoms with Gasteiger partial charge < -0.3 is 30.0 Å². The van der Waals surface area contributed by atoms with Gasteiger partial charge in [-0.15, -0.1) is 0 Å². The van der Waals surface area contributed by atoms with E-state index < -0.39 is 81.3 Å². The van der Waals surface area contributed by atoms with Gasteiger partial charge in [0.05, 0.1) is 33.3 Å². The summed E-state index contributed by atoms with van der Waals surface area (Å²) in [6, 6.07) is 3.92. The molecule has 0 radical (unpaired) electrons. The molecule has 2 aliphatic rings. The SMILES string of the molecule is CC(C)(CF)n1cc(C(=O)O)c(=O)c2cc(F)c(F)cc21.CC(C)(CF)n1cc(C(=O)O)c(=O)c2cc(F)c(N3CC4C=CC=CC4(N)C3)cc21. The molecule has 0 saturated carbocycles. The minimum absolute atomic E-state index is 0.0106. The Kier molecular flexibility index (Phi) is 9.49. The molecule has 6 rings (SSSR count). The Bertz CT molecular complexity index is 2280. The van der Waals surface area contributed by atoms with Gasteiger partial charge in [-0.25, -0.2) is 31.5 Å². The number of rotatable bonds is 7. The lowest BCUT2D eigenvalue weighted by atomic mass is 9.85. The first-order valence-corrected chi connectivity index (χ1v) is 15.7. The zero-order chi connectivity index (χ0) is 37.8. The highest BCUT2D eigenvalue weighted by molar-refractivity contribution is 5.94. The Morgan fingerprint density at radius 3 is 1.75 bits per heavy atom. The van der Waals surface area contributed by atoms with E-state index in [2.05, 4.69) is 0 Å². The van der Waals surface area contributed by atoms with Crippen LogP contribution in [0.25, 0.3) is 21.8 Å². The van der Waals surface area contributed by atoms with Crippen molar-refractivity contribution < 1.29 is 41.8 Å². The number of hydrogen-bond donors (Lipinski definition) is 3. The second kappa shape index (κ2) is 13.1. The molecule has 10 nitrogen and oxygen atoms in total. The molecule has 1 fully saturated rings. The van der Waals surface area contributed by atoms with E-state index in [1.165, 1.54) is 24.5 Å². The van der Waals surface area contributed by atoms with E-state index in [1.807, 2.05) is 29.2 Å². The average molecular weight is 715 g/mol. The highest BCUT2D eigenvalue weighted by Gasteiger charge is 2.42. The number of halogens is 5. The lowest BCUT2D eigenvalue weighted by Gasteiger charge is -2.29. The minimum atomic E-state index is -1.52. The van der Waals surface area contributed by atoms with Gasteiger partial charge in [0.2, 0.25) is 10.9 Å². The van der Waals surface area contributed by atoms with Gasteiger partial charge in [-0.3, -0.25) is 9.59 Å². The Balaban J connectivity index is 0.000000211. The number of nitrogens with two attached hydrogens (primary N) is 1.